The second-order valence-electron chi connectivity index (χ2n) is 5.10. The molecule has 0 radical (unpaired) electrons. The fraction of sp³-hybridized carbons (Fsp3) is 0.467. The van der Waals surface area contributed by atoms with Gasteiger partial charge in [-0.15, -0.1) is 11.8 Å². The molecule has 6 heteroatoms. The van der Waals surface area contributed by atoms with Crippen LogP contribution in [0.5, 0.6) is 5.75 Å². The summed E-state index contributed by atoms with van der Waals surface area (Å²) in [5.74, 6) is -0.344. The lowest BCUT2D eigenvalue weighted by Gasteiger charge is -2.17. The number of aliphatic carboxylic acids is 1. The maximum atomic E-state index is 12.1. The molecule has 1 aliphatic rings. The molecule has 2 unspecified atom stereocenters. The molecule has 0 bridgehead atoms. The maximum absolute atomic E-state index is 12.1. The van der Waals surface area contributed by atoms with Gasteiger partial charge in [-0.05, 0) is 49.9 Å². The number of ether oxygens (including phenoxy) is 1. The van der Waals surface area contributed by atoms with Crippen LogP contribution >= 0.6 is 11.8 Å². The van der Waals surface area contributed by atoms with Crippen molar-refractivity contribution >= 4 is 23.6 Å². The third-order valence-corrected chi connectivity index (χ3v) is 4.51. The van der Waals surface area contributed by atoms with Crippen LogP contribution < -0.4 is 10.1 Å². The lowest BCUT2D eigenvalue weighted by atomic mass is 10.2. The van der Waals surface area contributed by atoms with E-state index < -0.39 is 12.0 Å². The zero-order chi connectivity index (χ0) is 15.4. The van der Waals surface area contributed by atoms with Crippen molar-refractivity contribution in [2.75, 3.05) is 7.11 Å². The Balaban J connectivity index is 1.90. The molecule has 0 aromatic heterocycles. The van der Waals surface area contributed by atoms with E-state index in [1.165, 1.54) is 11.8 Å². The van der Waals surface area contributed by atoms with Gasteiger partial charge in [0, 0.05) is 4.90 Å². The van der Waals surface area contributed by atoms with E-state index in [0.29, 0.717) is 0 Å². The number of carboxylic acid groups (broad SMARTS) is 1. The van der Waals surface area contributed by atoms with E-state index in [-0.39, 0.29) is 17.1 Å². The standard InChI is InChI=1S/C15H19NO4S/c1-9(21-12-7-5-11(20-2)6-8-12)14(17)16-13(15(18)19)10-3-4-10/h5-10,13H,3-4H2,1-2H3,(H,16,17)(H,18,19). The van der Waals surface area contributed by atoms with Gasteiger partial charge in [-0.1, -0.05) is 0 Å². The number of amides is 1. The molecule has 114 valence electrons. The molecule has 1 aromatic carbocycles. The van der Waals surface area contributed by atoms with Crippen molar-refractivity contribution in [1.82, 2.24) is 5.32 Å². The minimum Gasteiger partial charge on any atom is -0.497 e. The van der Waals surface area contributed by atoms with Crippen LogP contribution in [-0.4, -0.2) is 35.4 Å². The summed E-state index contributed by atoms with van der Waals surface area (Å²) in [6.45, 7) is 1.77. The third-order valence-electron chi connectivity index (χ3n) is 3.40. The number of carbonyl (C=O) groups excluding carboxylic acids is 1. The van der Waals surface area contributed by atoms with Crippen molar-refractivity contribution in [3.05, 3.63) is 24.3 Å². The molecule has 1 saturated carbocycles. The first-order valence-corrected chi connectivity index (χ1v) is 7.73. The highest BCUT2D eigenvalue weighted by Crippen LogP contribution is 2.33. The highest BCUT2D eigenvalue weighted by molar-refractivity contribution is 8.00. The van der Waals surface area contributed by atoms with Crippen LogP contribution in [0.1, 0.15) is 19.8 Å². The minimum absolute atomic E-state index is 0.0876. The molecule has 0 heterocycles. The number of nitrogens with one attached hydrogen (secondary N) is 1. The van der Waals surface area contributed by atoms with Crippen molar-refractivity contribution in [1.29, 1.82) is 0 Å². The Morgan fingerprint density at radius 2 is 1.95 bits per heavy atom. The zero-order valence-corrected chi connectivity index (χ0v) is 12.9. The van der Waals surface area contributed by atoms with E-state index >= 15 is 0 Å². The lowest BCUT2D eigenvalue weighted by molar-refractivity contribution is -0.142. The Morgan fingerprint density at radius 1 is 1.33 bits per heavy atom. The molecule has 1 fully saturated rings. The Bertz CT molecular complexity index is 513. The van der Waals surface area contributed by atoms with E-state index in [1.54, 1.807) is 14.0 Å². The average Bonchev–Trinajstić information content (AvgIpc) is 3.29. The van der Waals surface area contributed by atoms with Crippen LogP contribution in [0, 0.1) is 5.92 Å². The number of hydrogen-bond donors (Lipinski definition) is 2. The summed E-state index contributed by atoms with van der Waals surface area (Å²) in [5, 5.41) is 11.4. The van der Waals surface area contributed by atoms with Crippen LogP contribution in [0.2, 0.25) is 0 Å². The number of methoxy groups -OCH3 is 1. The molecule has 1 aromatic rings. The largest absolute Gasteiger partial charge is 0.497 e. The van der Waals surface area contributed by atoms with Gasteiger partial charge >= 0.3 is 5.97 Å². The summed E-state index contributed by atoms with van der Waals surface area (Å²) in [5.41, 5.74) is 0. The predicted octanol–water partition coefficient (Wildman–Crippen LogP) is 2.16. The van der Waals surface area contributed by atoms with Crippen molar-refractivity contribution < 1.29 is 19.4 Å². The van der Waals surface area contributed by atoms with Crippen molar-refractivity contribution in [3.8, 4) is 5.75 Å². The van der Waals surface area contributed by atoms with Gasteiger partial charge in [0.05, 0.1) is 12.4 Å². The van der Waals surface area contributed by atoms with Crippen LogP contribution in [-0.2, 0) is 9.59 Å². The fourth-order valence-corrected chi connectivity index (χ4v) is 2.87. The first kappa shape index (κ1) is 15.7. The summed E-state index contributed by atoms with van der Waals surface area (Å²) in [4.78, 5) is 24.2. The topological polar surface area (TPSA) is 75.6 Å². The van der Waals surface area contributed by atoms with Crippen molar-refractivity contribution in [3.63, 3.8) is 0 Å². The normalized spacial score (nSPS) is 16.9. The van der Waals surface area contributed by atoms with Gasteiger partial charge < -0.3 is 15.2 Å². The molecule has 2 rings (SSSR count). The minimum atomic E-state index is -0.951. The zero-order valence-electron chi connectivity index (χ0n) is 12.0. The molecular formula is C15H19NO4S. The second kappa shape index (κ2) is 6.85. The van der Waals surface area contributed by atoms with Crippen LogP contribution in [0.15, 0.2) is 29.2 Å². The van der Waals surface area contributed by atoms with Crippen LogP contribution in [0.3, 0.4) is 0 Å². The maximum Gasteiger partial charge on any atom is 0.326 e. The first-order valence-electron chi connectivity index (χ1n) is 6.85. The number of hydrogen-bond acceptors (Lipinski definition) is 4. The number of benzene rings is 1. The van der Waals surface area contributed by atoms with E-state index in [4.69, 9.17) is 9.84 Å². The number of carboxylic acids is 1. The molecule has 1 aliphatic carbocycles. The molecule has 2 N–H and O–H groups in total. The fourth-order valence-electron chi connectivity index (χ4n) is 1.99. The highest BCUT2D eigenvalue weighted by Gasteiger charge is 2.37. The van der Waals surface area contributed by atoms with Crippen LogP contribution in [0.25, 0.3) is 0 Å². The van der Waals surface area contributed by atoms with E-state index in [9.17, 15) is 9.59 Å². The Morgan fingerprint density at radius 3 is 2.43 bits per heavy atom. The molecule has 0 saturated heterocycles. The van der Waals surface area contributed by atoms with Crippen molar-refractivity contribution in [2.45, 2.75) is 36.0 Å². The third kappa shape index (κ3) is 4.39. The summed E-state index contributed by atoms with van der Waals surface area (Å²) in [6.07, 6.45) is 1.74. The van der Waals surface area contributed by atoms with Gasteiger partial charge in [0.1, 0.15) is 11.8 Å². The predicted molar refractivity (Wildman–Crippen MR) is 80.6 cm³/mol. The van der Waals surface area contributed by atoms with E-state index in [2.05, 4.69) is 5.32 Å². The average molecular weight is 309 g/mol. The van der Waals surface area contributed by atoms with Gasteiger partial charge in [0.25, 0.3) is 0 Å². The summed E-state index contributed by atoms with van der Waals surface area (Å²) < 4.78 is 5.08. The van der Waals surface area contributed by atoms with Gasteiger partial charge in [-0.2, -0.15) is 0 Å². The Kier molecular flexibility index (Phi) is 5.12. The van der Waals surface area contributed by atoms with Gasteiger partial charge in [-0.3, -0.25) is 4.79 Å². The molecule has 2 atom stereocenters. The molecule has 1 amide bonds. The summed E-state index contributed by atoms with van der Waals surface area (Å²) in [6, 6.07) is 6.66. The number of rotatable bonds is 7. The number of carbonyl (C=O) groups is 2. The molecule has 0 spiro atoms. The number of thioether (sulfide) groups is 1. The van der Waals surface area contributed by atoms with E-state index in [0.717, 1.165) is 23.5 Å². The van der Waals surface area contributed by atoms with Crippen molar-refractivity contribution in [2.24, 2.45) is 5.92 Å². The SMILES string of the molecule is COc1ccc(SC(C)C(=O)NC(C(=O)O)C2CC2)cc1. The highest BCUT2D eigenvalue weighted by atomic mass is 32.2. The van der Waals surface area contributed by atoms with Gasteiger partial charge in [0.15, 0.2) is 0 Å². The monoisotopic (exact) mass is 309 g/mol. The summed E-state index contributed by atoms with van der Waals surface area (Å²) in [7, 11) is 1.60. The lowest BCUT2D eigenvalue weighted by Crippen LogP contribution is -2.45. The van der Waals surface area contributed by atoms with Crippen LogP contribution in [0.4, 0.5) is 0 Å². The molecule has 5 nitrogen and oxygen atoms in total. The van der Waals surface area contributed by atoms with Gasteiger partial charge in [-0.25, -0.2) is 4.79 Å². The molecule has 0 aliphatic heterocycles. The molecule has 21 heavy (non-hydrogen) atoms. The second-order valence-corrected chi connectivity index (χ2v) is 6.51. The van der Waals surface area contributed by atoms with E-state index in [1.807, 2.05) is 24.3 Å². The summed E-state index contributed by atoms with van der Waals surface area (Å²) >= 11 is 1.40. The Labute approximate surface area is 128 Å². The molecular weight excluding hydrogens is 290 g/mol. The quantitative estimate of drug-likeness (QED) is 0.755. The smallest absolute Gasteiger partial charge is 0.326 e. The van der Waals surface area contributed by atoms with Gasteiger partial charge in [0.2, 0.25) is 5.91 Å². The first-order chi connectivity index (χ1) is 10.0. The Hall–Kier alpha value is -1.69.